The van der Waals surface area contributed by atoms with Gasteiger partial charge in [-0.1, -0.05) is 13.8 Å². The molecule has 0 spiro atoms. The number of rotatable bonds is 4. The summed E-state index contributed by atoms with van der Waals surface area (Å²) < 4.78 is 0. The Hall–Kier alpha value is -1.00. The van der Waals surface area contributed by atoms with Crippen molar-refractivity contribution >= 4 is 0 Å². The molecule has 0 aliphatic carbocycles. The van der Waals surface area contributed by atoms with Crippen LogP contribution in [0.2, 0.25) is 0 Å². The largest absolute Gasteiger partial charge is 0.314 e. The molecule has 0 saturated carbocycles. The van der Waals surface area contributed by atoms with Gasteiger partial charge >= 0.3 is 0 Å². The lowest BCUT2D eigenvalue weighted by molar-refractivity contribution is 0.179. The van der Waals surface area contributed by atoms with Crippen molar-refractivity contribution in [1.29, 1.82) is 0 Å². The summed E-state index contributed by atoms with van der Waals surface area (Å²) in [7, 11) is 0. The molecule has 1 unspecified atom stereocenters. The highest BCUT2D eigenvalue weighted by atomic mass is 15.2. The van der Waals surface area contributed by atoms with Crippen LogP contribution in [0.15, 0.2) is 12.3 Å². The van der Waals surface area contributed by atoms with Crippen molar-refractivity contribution in [3.8, 4) is 0 Å². The molecule has 2 heterocycles. The zero-order chi connectivity index (χ0) is 13.0. The lowest BCUT2D eigenvalue weighted by Gasteiger charge is -2.31. The predicted molar refractivity (Wildman–Crippen MR) is 73.4 cm³/mol. The molecule has 0 aromatic carbocycles. The third-order valence-electron chi connectivity index (χ3n) is 3.42. The molecule has 100 valence electrons. The van der Waals surface area contributed by atoms with E-state index in [0.29, 0.717) is 12.0 Å². The zero-order valence-corrected chi connectivity index (χ0v) is 11.7. The number of piperazine rings is 1. The van der Waals surface area contributed by atoms with Crippen LogP contribution in [0.4, 0.5) is 0 Å². The Balaban J connectivity index is 2.06. The van der Waals surface area contributed by atoms with E-state index in [1.165, 1.54) is 0 Å². The van der Waals surface area contributed by atoms with Crippen molar-refractivity contribution in [1.82, 2.24) is 20.2 Å². The summed E-state index contributed by atoms with van der Waals surface area (Å²) in [6.07, 6.45) is 2.93. The molecule has 1 aromatic rings. The first kappa shape index (κ1) is 13.4. The van der Waals surface area contributed by atoms with Crippen molar-refractivity contribution in [3.05, 3.63) is 23.8 Å². The minimum Gasteiger partial charge on any atom is -0.314 e. The van der Waals surface area contributed by atoms with Crippen LogP contribution in [0.3, 0.4) is 0 Å². The molecule has 0 radical (unpaired) electrons. The average molecular weight is 248 g/mol. The molecule has 1 aromatic heterocycles. The molecule has 1 fully saturated rings. The molecule has 0 amide bonds. The van der Waals surface area contributed by atoms with Gasteiger partial charge in [-0.3, -0.25) is 4.90 Å². The summed E-state index contributed by atoms with van der Waals surface area (Å²) in [5.74, 6) is 1.61. The normalized spacial score (nSPS) is 19.1. The van der Waals surface area contributed by atoms with Crippen molar-refractivity contribution in [3.63, 3.8) is 0 Å². The smallest absolute Gasteiger partial charge is 0.145 e. The lowest BCUT2D eigenvalue weighted by Crippen LogP contribution is -2.44. The van der Waals surface area contributed by atoms with Crippen LogP contribution in [0.25, 0.3) is 0 Å². The van der Waals surface area contributed by atoms with Gasteiger partial charge in [-0.15, -0.1) is 0 Å². The second-order valence-electron chi connectivity index (χ2n) is 5.47. The van der Waals surface area contributed by atoms with Gasteiger partial charge in [0.25, 0.3) is 0 Å². The van der Waals surface area contributed by atoms with E-state index in [1.807, 2.05) is 12.3 Å². The molecule has 1 saturated heterocycles. The van der Waals surface area contributed by atoms with Gasteiger partial charge < -0.3 is 5.32 Å². The van der Waals surface area contributed by atoms with Gasteiger partial charge in [0, 0.05) is 38.1 Å². The minimum absolute atomic E-state index is 0.319. The molecule has 1 atom stereocenters. The van der Waals surface area contributed by atoms with E-state index in [1.54, 1.807) is 0 Å². The molecule has 2 rings (SSSR count). The quantitative estimate of drug-likeness (QED) is 0.879. The molecule has 1 aliphatic rings. The maximum Gasteiger partial charge on any atom is 0.145 e. The molecular formula is C14H24N4. The lowest BCUT2D eigenvalue weighted by atomic mass is 10.1. The third kappa shape index (κ3) is 3.50. The number of nitrogens with zero attached hydrogens (tertiary/aromatic N) is 3. The minimum atomic E-state index is 0.319. The molecule has 18 heavy (non-hydrogen) atoms. The molecule has 4 heteroatoms. The number of aromatic nitrogens is 2. The molecule has 1 aliphatic heterocycles. The SMILES string of the molecule is CC(C)Cc1ccnc(C(C)N2CCNCC2)n1. The Morgan fingerprint density at radius 2 is 2.00 bits per heavy atom. The molecule has 4 nitrogen and oxygen atoms in total. The Morgan fingerprint density at radius 1 is 1.28 bits per heavy atom. The van der Waals surface area contributed by atoms with Crippen LogP contribution in [0, 0.1) is 5.92 Å². The van der Waals surface area contributed by atoms with E-state index in [9.17, 15) is 0 Å². The van der Waals surface area contributed by atoms with Gasteiger partial charge in [0.15, 0.2) is 0 Å². The van der Waals surface area contributed by atoms with E-state index in [4.69, 9.17) is 4.98 Å². The zero-order valence-electron chi connectivity index (χ0n) is 11.7. The summed E-state index contributed by atoms with van der Waals surface area (Å²) >= 11 is 0. The molecule has 1 N–H and O–H groups in total. The fourth-order valence-corrected chi connectivity index (χ4v) is 2.38. The fraction of sp³-hybridized carbons (Fsp3) is 0.714. The van der Waals surface area contributed by atoms with Crippen LogP contribution in [-0.4, -0.2) is 41.0 Å². The average Bonchev–Trinajstić information content (AvgIpc) is 2.38. The topological polar surface area (TPSA) is 41.1 Å². The molecular weight excluding hydrogens is 224 g/mol. The fourth-order valence-electron chi connectivity index (χ4n) is 2.38. The first-order chi connectivity index (χ1) is 8.66. The van der Waals surface area contributed by atoms with Crippen molar-refractivity contribution in [2.75, 3.05) is 26.2 Å². The van der Waals surface area contributed by atoms with Crippen LogP contribution >= 0.6 is 0 Å². The van der Waals surface area contributed by atoms with Crippen LogP contribution in [0.1, 0.15) is 38.3 Å². The standard InChI is InChI=1S/C14H24N4/c1-11(2)10-13-4-5-16-14(17-13)12(3)18-8-6-15-7-9-18/h4-5,11-12,15H,6-10H2,1-3H3. The van der Waals surface area contributed by atoms with Crippen LogP contribution < -0.4 is 5.32 Å². The summed E-state index contributed by atoms with van der Waals surface area (Å²) in [5, 5.41) is 3.38. The van der Waals surface area contributed by atoms with Gasteiger partial charge in [0.2, 0.25) is 0 Å². The highest BCUT2D eigenvalue weighted by Crippen LogP contribution is 2.17. The van der Waals surface area contributed by atoms with Gasteiger partial charge in [-0.05, 0) is 25.3 Å². The van der Waals surface area contributed by atoms with Gasteiger partial charge in [0.1, 0.15) is 5.82 Å². The van der Waals surface area contributed by atoms with Crippen LogP contribution in [-0.2, 0) is 6.42 Å². The number of hydrogen-bond acceptors (Lipinski definition) is 4. The second kappa shape index (κ2) is 6.25. The Kier molecular flexibility index (Phi) is 4.66. The van der Waals surface area contributed by atoms with E-state index >= 15 is 0 Å². The Morgan fingerprint density at radius 3 is 2.67 bits per heavy atom. The van der Waals surface area contributed by atoms with Crippen LogP contribution in [0.5, 0.6) is 0 Å². The first-order valence-corrected chi connectivity index (χ1v) is 6.93. The maximum atomic E-state index is 4.71. The van der Waals surface area contributed by atoms with Gasteiger partial charge in [-0.2, -0.15) is 0 Å². The van der Waals surface area contributed by atoms with E-state index in [-0.39, 0.29) is 0 Å². The van der Waals surface area contributed by atoms with E-state index in [2.05, 4.69) is 36.0 Å². The highest BCUT2D eigenvalue weighted by Gasteiger charge is 2.20. The first-order valence-electron chi connectivity index (χ1n) is 6.93. The van der Waals surface area contributed by atoms with E-state index < -0.39 is 0 Å². The van der Waals surface area contributed by atoms with Crippen molar-refractivity contribution < 1.29 is 0 Å². The summed E-state index contributed by atoms with van der Waals surface area (Å²) in [4.78, 5) is 11.6. The van der Waals surface area contributed by atoms with Gasteiger partial charge in [0.05, 0.1) is 6.04 Å². The second-order valence-corrected chi connectivity index (χ2v) is 5.47. The summed E-state index contributed by atoms with van der Waals surface area (Å²) in [6.45, 7) is 11.0. The number of hydrogen-bond donors (Lipinski definition) is 1. The van der Waals surface area contributed by atoms with E-state index in [0.717, 1.165) is 44.1 Å². The molecule has 0 bridgehead atoms. The predicted octanol–water partition coefficient (Wildman–Crippen LogP) is 1.64. The Labute approximate surface area is 110 Å². The summed E-state index contributed by atoms with van der Waals surface area (Å²) in [5.41, 5.74) is 1.16. The number of nitrogens with one attached hydrogen (secondary N) is 1. The third-order valence-corrected chi connectivity index (χ3v) is 3.42. The van der Waals surface area contributed by atoms with Gasteiger partial charge in [-0.25, -0.2) is 9.97 Å². The highest BCUT2D eigenvalue weighted by molar-refractivity contribution is 5.06. The van der Waals surface area contributed by atoms with Crippen molar-refractivity contribution in [2.24, 2.45) is 5.92 Å². The maximum absolute atomic E-state index is 4.71. The Bertz CT molecular complexity index is 372. The summed E-state index contributed by atoms with van der Waals surface area (Å²) in [6, 6.07) is 2.35. The van der Waals surface area contributed by atoms with Crippen molar-refractivity contribution in [2.45, 2.75) is 33.2 Å². The monoisotopic (exact) mass is 248 g/mol.